The molecule has 1 heterocycles. The van der Waals surface area contributed by atoms with Gasteiger partial charge < -0.3 is 30.3 Å². The molecule has 1 saturated heterocycles. The van der Waals surface area contributed by atoms with Gasteiger partial charge in [-0.2, -0.15) is 0 Å². The first-order valence-electron chi connectivity index (χ1n) is 9.24. The summed E-state index contributed by atoms with van der Waals surface area (Å²) in [5.41, 5.74) is -3.59. The van der Waals surface area contributed by atoms with Crippen LogP contribution in [0.25, 0.3) is 0 Å². The summed E-state index contributed by atoms with van der Waals surface area (Å²) in [6, 6.07) is 0. The normalized spacial score (nSPS) is 63.9. The number of hydrogen-bond donors (Lipinski definition) is 5. The Morgan fingerprint density at radius 1 is 0.962 bits per heavy atom. The third-order valence-corrected chi connectivity index (χ3v) is 8.08. The van der Waals surface area contributed by atoms with Crippen LogP contribution in [0.15, 0.2) is 12.2 Å². The molecule has 3 aliphatic carbocycles. The van der Waals surface area contributed by atoms with Gasteiger partial charge in [-0.1, -0.05) is 32.9 Å². The maximum absolute atomic E-state index is 12.7. The summed E-state index contributed by atoms with van der Waals surface area (Å²) in [4.78, 5) is 12.7. The van der Waals surface area contributed by atoms with Crippen molar-refractivity contribution in [2.75, 3.05) is 0 Å². The van der Waals surface area contributed by atoms with Gasteiger partial charge in [0.15, 0.2) is 0 Å². The summed E-state index contributed by atoms with van der Waals surface area (Å²) < 4.78 is 5.56. The van der Waals surface area contributed by atoms with Gasteiger partial charge in [0.2, 0.25) is 0 Å². The van der Waals surface area contributed by atoms with E-state index < -0.39 is 76.6 Å². The Hall–Kier alpha value is -0.990. The third-order valence-electron chi connectivity index (χ3n) is 8.08. The second-order valence-corrected chi connectivity index (χ2v) is 9.38. The highest BCUT2D eigenvalue weighted by Gasteiger charge is 2.78. The average molecular weight is 368 g/mol. The predicted molar refractivity (Wildman–Crippen MR) is 89.5 cm³/mol. The van der Waals surface area contributed by atoms with Crippen LogP contribution in [0.5, 0.6) is 0 Å². The SMILES string of the molecule is C[C@H]1[C@@H](O)[C@H](O)[C@@H]2[C@@]3(C)[C@H](O)C=C[C@@](C)(O)[C@@H]3[C@@H](O)[C@H]3OC(=O)[C@@H]1[C@@]23C. The lowest BCUT2D eigenvalue weighted by Crippen LogP contribution is -2.76. The minimum Gasteiger partial charge on any atom is -0.459 e. The second-order valence-electron chi connectivity index (χ2n) is 9.38. The smallest absolute Gasteiger partial charge is 0.310 e. The van der Waals surface area contributed by atoms with Crippen LogP contribution in [0.3, 0.4) is 0 Å². The molecular weight excluding hydrogens is 340 g/mol. The van der Waals surface area contributed by atoms with Gasteiger partial charge in [-0.15, -0.1) is 0 Å². The maximum atomic E-state index is 12.7. The standard InChI is InChI=1S/C19H28O7/c1-7-9-16(24)26-15-12(23)13-17(2,25)6-5-8(20)18(13,3)14(19(9,15)4)11(22)10(7)21/h5-15,20-23,25H,1-4H3/t7-,8-,9-,10-,11+,12-,13+,14-,15-,17-,18+,19+/m1/s1. The minimum atomic E-state index is -1.47. The van der Waals surface area contributed by atoms with E-state index in [9.17, 15) is 30.3 Å². The zero-order valence-electron chi connectivity index (χ0n) is 15.4. The Bertz CT molecular complexity index is 675. The number of ether oxygens (including phenoxy) is 1. The molecule has 0 aromatic heterocycles. The summed E-state index contributed by atoms with van der Waals surface area (Å²) in [5.74, 6) is -3.38. The molecule has 0 aromatic rings. The first kappa shape index (κ1) is 18.4. The van der Waals surface area contributed by atoms with Crippen molar-refractivity contribution >= 4 is 5.97 Å². The number of carbonyl (C=O) groups is 1. The fourth-order valence-electron chi connectivity index (χ4n) is 7.13. The monoisotopic (exact) mass is 368 g/mol. The zero-order chi connectivity index (χ0) is 19.4. The van der Waals surface area contributed by atoms with Gasteiger partial charge in [0, 0.05) is 22.7 Å². The molecule has 0 amide bonds. The Morgan fingerprint density at radius 3 is 2.19 bits per heavy atom. The molecule has 4 aliphatic rings. The van der Waals surface area contributed by atoms with E-state index in [-0.39, 0.29) is 0 Å². The van der Waals surface area contributed by atoms with E-state index in [1.54, 1.807) is 20.8 Å². The highest BCUT2D eigenvalue weighted by Crippen LogP contribution is 2.69. The molecule has 3 fully saturated rings. The van der Waals surface area contributed by atoms with Crippen LogP contribution < -0.4 is 0 Å². The van der Waals surface area contributed by atoms with Crippen molar-refractivity contribution in [1.82, 2.24) is 0 Å². The Morgan fingerprint density at radius 2 is 1.58 bits per heavy atom. The number of carbonyl (C=O) groups excluding carboxylic acids is 1. The van der Waals surface area contributed by atoms with E-state index in [4.69, 9.17) is 4.74 Å². The van der Waals surface area contributed by atoms with E-state index in [1.165, 1.54) is 19.1 Å². The van der Waals surface area contributed by atoms with Crippen molar-refractivity contribution in [3.05, 3.63) is 12.2 Å². The van der Waals surface area contributed by atoms with Crippen LogP contribution in [0, 0.1) is 34.5 Å². The average Bonchev–Trinajstić information content (AvgIpc) is 2.80. The molecule has 0 spiro atoms. The number of hydrogen-bond acceptors (Lipinski definition) is 7. The zero-order valence-corrected chi connectivity index (χ0v) is 15.4. The molecular formula is C19H28O7. The van der Waals surface area contributed by atoms with Gasteiger partial charge in [-0.25, -0.2) is 0 Å². The molecule has 0 bridgehead atoms. The number of aliphatic hydroxyl groups excluding tert-OH is 4. The van der Waals surface area contributed by atoms with Gasteiger partial charge in [0.25, 0.3) is 0 Å². The van der Waals surface area contributed by atoms with Gasteiger partial charge in [0.05, 0.1) is 35.9 Å². The van der Waals surface area contributed by atoms with Crippen LogP contribution in [0.4, 0.5) is 0 Å². The molecule has 2 saturated carbocycles. The molecule has 5 N–H and O–H groups in total. The molecule has 0 radical (unpaired) electrons. The number of rotatable bonds is 0. The molecule has 0 unspecified atom stereocenters. The predicted octanol–water partition coefficient (Wildman–Crippen LogP) is -0.799. The van der Waals surface area contributed by atoms with Crippen LogP contribution in [-0.2, 0) is 9.53 Å². The summed E-state index contributed by atoms with van der Waals surface area (Å²) in [6.07, 6.45) is -2.66. The maximum Gasteiger partial charge on any atom is 0.310 e. The van der Waals surface area contributed by atoms with Gasteiger partial charge in [-0.3, -0.25) is 4.79 Å². The molecule has 146 valence electrons. The fraction of sp³-hybridized carbons (Fsp3) is 0.842. The van der Waals surface area contributed by atoms with E-state index in [0.717, 1.165) is 0 Å². The number of esters is 1. The lowest BCUT2D eigenvalue weighted by atomic mass is 9.38. The quantitative estimate of drug-likeness (QED) is 0.280. The highest BCUT2D eigenvalue weighted by atomic mass is 16.6. The van der Waals surface area contributed by atoms with Gasteiger partial charge in [-0.05, 0) is 12.8 Å². The molecule has 4 rings (SSSR count). The minimum absolute atomic E-state index is 0.510. The molecule has 7 nitrogen and oxygen atoms in total. The van der Waals surface area contributed by atoms with E-state index in [0.29, 0.717) is 0 Å². The van der Waals surface area contributed by atoms with Crippen LogP contribution in [0.2, 0.25) is 0 Å². The largest absolute Gasteiger partial charge is 0.459 e. The molecule has 7 heteroatoms. The molecule has 0 aromatic carbocycles. The second kappa shape index (κ2) is 5.08. The first-order valence-corrected chi connectivity index (χ1v) is 9.24. The lowest BCUT2D eigenvalue weighted by molar-refractivity contribution is -0.292. The fourth-order valence-corrected chi connectivity index (χ4v) is 7.13. The van der Waals surface area contributed by atoms with Crippen molar-refractivity contribution < 1.29 is 35.1 Å². The summed E-state index contributed by atoms with van der Waals surface area (Å²) in [6.45, 7) is 6.72. The molecule has 26 heavy (non-hydrogen) atoms. The van der Waals surface area contributed by atoms with Crippen molar-refractivity contribution in [2.45, 2.75) is 63.8 Å². The third kappa shape index (κ3) is 1.79. The van der Waals surface area contributed by atoms with Crippen LogP contribution >= 0.6 is 0 Å². The van der Waals surface area contributed by atoms with Crippen LogP contribution in [-0.4, -0.2) is 67.6 Å². The van der Waals surface area contributed by atoms with Gasteiger partial charge >= 0.3 is 5.97 Å². The lowest BCUT2D eigenvalue weighted by Gasteiger charge is -2.67. The Kier molecular flexibility index (Phi) is 3.59. The van der Waals surface area contributed by atoms with Crippen molar-refractivity contribution in [1.29, 1.82) is 0 Å². The summed E-state index contributed by atoms with van der Waals surface area (Å²) in [7, 11) is 0. The van der Waals surface area contributed by atoms with E-state index in [2.05, 4.69) is 0 Å². The van der Waals surface area contributed by atoms with Crippen molar-refractivity contribution in [3.63, 3.8) is 0 Å². The van der Waals surface area contributed by atoms with Crippen molar-refractivity contribution in [2.24, 2.45) is 34.5 Å². The Labute approximate surface area is 152 Å². The van der Waals surface area contributed by atoms with Gasteiger partial charge in [0.1, 0.15) is 6.10 Å². The summed E-state index contributed by atoms with van der Waals surface area (Å²) in [5, 5.41) is 54.6. The number of aliphatic hydroxyl groups is 5. The highest BCUT2D eigenvalue weighted by molar-refractivity contribution is 5.77. The molecule has 1 aliphatic heterocycles. The topological polar surface area (TPSA) is 127 Å². The van der Waals surface area contributed by atoms with Crippen LogP contribution in [0.1, 0.15) is 27.7 Å². The Balaban J connectivity index is 1.99. The molecule has 12 atom stereocenters. The number of fused-ring (bicyclic) bond motifs is 2. The summed E-state index contributed by atoms with van der Waals surface area (Å²) >= 11 is 0. The van der Waals surface area contributed by atoms with Crippen molar-refractivity contribution in [3.8, 4) is 0 Å². The van der Waals surface area contributed by atoms with E-state index >= 15 is 0 Å². The van der Waals surface area contributed by atoms with E-state index in [1.807, 2.05) is 0 Å². The first-order chi connectivity index (χ1) is 11.9.